The van der Waals surface area contributed by atoms with E-state index in [0.717, 1.165) is 0 Å². The Morgan fingerprint density at radius 1 is 1.29 bits per heavy atom. The van der Waals surface area contributed by atoms with Crippen LogP contribution in [-0.2, 0) is 4.79 Å². The first-order valence-electron chi connectivity index (χ1n) is 4.78. The zero-order valence-corrected chi connectivity index (χ0v) is 8.45. The lowest BCUT2D eigenvalue weighted by atomic mass is 9.91. The molecule has 0 saturated heterocycles. The zero-order valence-electron chi connectivity index (χ0n) is 8.45. The van der Waals surface area contributed by atoms with Crippen LogP contribution in [0.4, 0.5) is 13.2 Å². The maximum atomic E-state index is 12.2. The molecular formula is C11H7F3O3. The van der Waals surface area contributed by atoms with E-state index >= 15 is 0 Å². The van der Waals surface area contributed by atoms with Gasteiger partial charge in [-0.15, -0.1) is 0 Å². The van der Waals surface area contributed by atoms with Crippen LogP contribution in [0.3, 0.4) is 0 Å². The minimum atomic E-state index is -5.02. The minimum Gasteiger partial charge on any atom is -0.492 e. The smallest absolute Gasteiger partial charge is 0.450 e. The minimum absolute atomic E-state index is 0.0151. The third-order valence-corrected chi connectivity index (χ3v) is 2.47. The summed E-state index contributed by atoms with van der Waals surface area (Å²) >= 11 is 0. The predicted octanol–water partition coefficient (Wildman–Crippen LogP) is 2.01. The highest BCUT2D eigenvalue weighted by molar-refractivity contribution is 6.14. The number of carbonyl (C=O) groups excluding carboxylic acids is 2. The van der Waals surface area contributed by atoms with E-state index in [2.05, 4.69) is 0 Å². The predicted molar refractivity (Wildman–Crippen MR) is 50.8 cm³/mol. The number of halogens is 3. The highest BCUT2D eigenvalue weighted by Crippen LogP contribution is 2.31. The van der Waals surface area contributed by atoms with Crippen LogP contribution in [-0.4, -0.2) is 24.3 Å². The molecule has 2 rings (SSSR count). The van der Waals surface area contributed by atoms with Crippen LogP contribution in [0.5, 0.6) is 5.75 Å². The van der Waals surface area contributed by atoms with Gasteiger partial charge in [-0.25, -0.2) is 0 Å². The van der Waals surface area contributed by atoms with Gasteiger partial charge in [-0.1, -0.05) is 12.1 Å². The molecule has 1 aliphatic rings. The second-order valence-corrected chi connectivity index (χ2v) is 3.59. The third kappa shape index (κ3) is 2.02. The first kappa shape index (κ1) is 11.6. The molecule has 0 fully saturated rings. The third-order valence-electron chi connectivity index (χ3n) is 2.47. The molecule has 1 atom stereocenters. The van der Waals surface area contributed by atoms with Crippen molar-refractivity contribution < 1.29 is 27.5 Å². The molecule has 0 amide bonds. The molecule has 3 nitrogen and oxygen atoms in total. The molecule has 6 heteroatoms. The summed E-state index contributed by atoms with van der Waals surface area (Å²) in [6.45, 7) is -0.561. The van der Waals surface area contributed by atoms with Crippen LogP contribution in [0.15, 0.2) is 24.3 Å². The topological polar surface area (TPSA) is 43.4 Å². The fourth-order valence-electron chi connectivity index (χ4n) is 1.62. The largest absolute Gasteiger partial charge is 0.492 e. The molecule has 0 saturated carbocycles. The number of Topliss-reactive ketones (excluding diaryl/α,β-unsaturated/α-hetero) is 2. The van der Waals surface area contributed by atoms with Crippen molar-refractivity contribution >= 4 is 11.6 Å². The number of ether oxygens (including phenoxy) is 1. The van der Waals surface area contributed by atoms with Crippen LogP contribution in [0.1, 0.15) is 10.4 Å². The lowest BCUT2D eigenvalue weighted by Gasteiger charge is -2.23. The molecule has 1 unspecified atom stereocenters. The maximum absolute atomic E-state index is 12.2. The van der Waals surface area contributed by atoms with Crippen LogP contribution in [0.2, 0.25) is 0 Å². The second kappa shape index (κ2) is 3.87. The van der Waals surface area contributed by atoms with Crippen molar-refractivity contribution in [3.8, 4) is 5.75 Å². The fourth-order valence-corrected chi connectivity index (χ4v) is 1.62. The van der Waals surface area contributed by atoms with Gasteiger partial charge in [0.05, 0.1) is 5.56 Å². The van der Waals surface area contributed by atoms with E-state index in [1.165, 1.54) is 18.2 Å². The Bertz CT molecular complexity index is 479. The molecule has 1 heterocycles. The lowest BCUT2D eigenvalue weighted by molar-refractivity contribution is -0.174. The summed E-state index contributed by atoms with van der Waals surface area (Å²) in [5.41, 5.74) is 0.0151. The zero-order chi connectivity index (χ0) is 12.6. The normalized spacial score (nSPS) is 19.5. The Balaban J connectivity index is 2.33. The van der Waals surface area contributed by atoms with E-state index in [4.69, 9.17) is 4.74 Å². The first-order chi connectivity index (χ1) is 7.91. The number of hydrogen-bond donors (Lipinski definition) is 0. The molecule has 1 aromatic rings. The van der Waals surface area contributed by atoms with Crippen molar-refractivity contribution in [3.63, 3.8) is 0 Å². The van der Waals surface area contributed by atoms with Crippen molar-refractivity contribution in [3.05, 3.63) is 29.8 Å². The summed E-state index contributed by atoms with van der Waals surface area (Å²) in [4.78, 5) is 22.7. The number of hydrogen-bond acceptors (Lipinski definition) is 3. The molecular weight excluding hydrogens is 237 g/mol. The SMILES string of the molecule is O=C1c2ccccc2OCC1C(=O)C(F)(F)F. The number of para-hydroxylation sites is 1. The van der Waals surface area contributed by atoms with Crippen LogP contribution >= 0.6 is 0 Å². The van der Waals surface area contributed by atoms with Gasteiger partial charge in [0.2, 0.25) is 0 Å². The molecule has 17 heavy (non-hydrogen) atoms. The molecule has 0 radical (unpaired) electrons. The average molecular weight is 244 g/mol. The van der Waals surface area contributed by atoms with Gasteiger partial charge < -0.3 is 4.74 Å². The monoisotopic (exact) mass is 244 g/mol. The van der Waals surface area contributed by atoms with Gasteiger partial charge in [-0.3, -0.25) is 9.59 Å². The van der Waals surface area contributed by atoms with E-state index in [-0.39, 0.29) is 11.3 Å². The van der Waals surface area contributed by atoms with E-state index in [1.807, 2.05) is 0 Å². The molecule has 0 bridgehead atoms. The van der Waals surface area contributed by atoms with E-state index in [9.17, 15) is 22.8 Å². The standard InChI is InChI=1S/C11H7F3O3/c12-11(13,14)10(16)7-5-17-8-4-2-1-3-6(8)9(7)15/h1-4,7H,5H2. The maximum Gasteiger partial charge on any atom is 0.450 e. The average Bonchev–Trinajstić information content (AvgIpc) is 2.28. The van der Waals surface area contributed by atoms with Gasteiger partial charge in [0, 0.05) is 0 Å². The summed E-state index contributed by atoms with van der Waals surface area (Å²) in [7, 11) is 0. The first-order valence-corrected chi connectivity index (χ1v) is 4.78. The van der Waals surface area contributed by atoms with Crippen molar-refractivity contribution in [2.24, 2.45) is 5.92 Å². The summed E-state index contributed by atoms with van der Waals surface area (Å²) in [5.74, 6) is -4.47. The Morgan fingerprint density at radius 2 is 1.94 bits per heavy atom. The number of fused-ring (bicyclic) bond motifs is 1. The summed E-state index contributed by atoms with van der Waals surface area (Å²) in [6, 6.07) is 5.91. The molecule has 0 N–H and O–H groups in total. The van der Waals surface area contributed by atoms with Crippen LogP contribution in [0, 0.1) is 5.92 Å². The highest BCUT2D eigenvalue weighted by Gasteiger charge is 2.48. The Morgan fingerprint density at radius 3 is 2.59 bits per heavy atom. The number of ketones is 2. The molecule has 1 aliphatic heterocycles. The van der Waals surface area contributed by atoms with Crippen molar-refractivity contribution in [2.45, 2.75) is 6.18 Å². The second-order valence-electron chi connectivity index (χ2n) is 3.59. The number of carbonyl (C=O) groups is 2. The summed E-state index contributed by atoms with van der Waals surface area (Å²) < 4.78 is 41.7. The van der Waals surface area contributed by atoms with E-state index < -0.39 is 30.3 Å². The molecule has 0 aliphatic carbocycles. The van der Waals surface area contributed by atoms with Gasteiger partial charge in [0.15, 0.2) is 5.78 Å². The Labute approximate surface area is 94.2 Å². The van der Waals surface area contributed by atoms with Crippen LogP contribution < -0.4 is 4.74 Å². The van der Waals surface area contributed by atoms with Crippen molar-refractivity contribution in [1.29, 1.82) is 0 Å². The van der Waals surface area contributed by atoms with Gasteiger partial charge in [-0.2, -0.15) is 13.2 Å². The summed E-state index contributed by atoms with van der Waals surface area (Å²) in [6.07, 6.45) is -5.02. The van der Waals surface area contributed by atoms with Crippen LogP contribution in [0.25, 0.3) is 0 Å². The quantitative estimate of drug-likeness (QED) is 0.710. The van der Waals surface area contributed by atoms with Gasteiger partial charge in [0.1, 0.15) is 18.3 Å². The van der Waals surface area contributed by atoms with E-state index in [1.54, 1.807) is 6.07 Å². The molecule has 0 aromatic heterocycles. The lowest BCUT2D eigenvalue weighted by Crippen LogP contribution is -2.41. The van der Waals surface area contributed by atoms with Gasteiger partial charge in [-0.05, 0) is 12.1 Å². The highest BCUT2D eigenvalue weighted by atomic mass is 19.4. The molecule has 90 valence electrons. The Kier molecular flexibility index (Phi) is 2.65. The molecule has 0 spiro atoms. The van der Waals surface area contributed by atoms with E-state index in [0.29, 0.717) is 0 Å². The number of benzene rings is 1. The number of rotatable bonds is 1. The van der Waals surface area contributed by atoms with Gasteiger partial charge in [0.25, 0.3) is 5.78 Å². The van der Waals surface area contributed by atoms with Crippen molar-refractivity contribution in [1.82, 2.24) is 0 Å². The Hall–Kier alpha value is -1.85. The van der Waals surface area contributed by atoms with Gasteiger partial charge >= 0.3 is 6.18 Å². The molecule has 1 aromatic carbocycles. The number of alkyl halides is 3. The van der Waals surface area contributed by atoms with Crippen molar-refractivity contribution in [2.75, 3.05) is 6.61 Å². The fraction of sp³-hybridized carbons (Fsp3) is 0.273. The summed E-state index contributed by atoms with van der Waals surface area (Å²) in [5, 5.41) is 0.